The topological polar surface area (TPSA) is 72.7 Å². The number of aromatic nitrogens is 3. The lowest BCUT2D eigenvalue weighted by Crippen LogP contribution is -2.06. The molecule has 0 unspecified atom stereocenters. The molecule has 1 fully saturated rings. The Morgan fingerprint density at radius 2 is 1.96 bits per heavy atom. The van der Waals surface area contributed by atoms with Crippen molar-refractivity contribution in [2.24, 2.45) is 0 Å². The molecular formula is C17H19N5O2. The third kappa shape index (κ3) is 2.80. The maximum atomic E-state index is 5.34. The Morgan fingerprint density at radius 1 is 1.12 bits per heavy atom. The molecule has 0 saturated heterocycles. The van der Waals surface area contributed by atoms with Crippen LogP contribution in [0.15, 0.2) is 36.7 Å². The molecule has 2 N–H and O–H groups in total. The lowest BCUT2D eigenvalue weighted by Gasteiger charge is -2.13. The van der Waals surface area contributed by atoms with Crippen LogP contribution in [-0.4, -0.2) is 34.9 Å². The molecule has 24 heavy (non-hydrogen) atoms. The Bertz CT molecular complexity index is 873. The van der Waals surface area contributed by atoms with Crippen LogP contribution < -0.4 is 20.1 Å². The average Bonchev–Trinajstić information content (AvgIpc) is 3.28. The summed E-state index contributed by atoms with van der Waals surface area (Å²) in [5.74, 6) is 2.09. The zero-order valence-corrected chi connectivity index (χ0v) is 13.6. The van der Waals surface area contributed by atoms with Gasteiger partial charge in [0.15, 0.2) is 23.0 Å². The fourth-order valence-corrected chi connectivity index (χ4v) is 2.59. The average molecular weight is 325 g/mol. The normalized spacial score (nSPS) is 13.8. The van der Waals surface area contributed by atoms with Gasteiger partial charge in [0.25, 0.3) is 0 Å². The van der Waals surface area contributed by atoms with E-state index in [0.29, 0.717) is 17.5 Å². The molecule has 2 heterocycles. The number of nitrogens with one attached hydrogen (secondary N) is 2. The van der Waals surface area contributed by atoms with E-state index in [4.69, 9.17) is 9.47 Å². The molecule has 0 radical (unpaired) electrons. The van der Waals surface area contributed by atoms with E-state index in [2.05, 4.69) is 20.7 Å². The minimum absolute atomic E-state index is 0.543. The summed E-state index contributed by atoms with van der Waals surface area (Å²) in [4.78, 5) is 4.37. The highest BCUT2D eigenvalue weighted by atomic mass is 16.5. The lowest BCUT2D eigenvalue weighted by molar-refractivity contribution is 0.355. The van der Waals surface area contributed by atoms with Crippen molar-refractivity contribution in [2.75, 3.05) is 24.9 Å². The summed E-state index contributed by atoms with van der Waals surface area (Å²) in [6.07, 6.45) is 6.00. The third-order valence-electron chi connectivity index (χ3n) is 3.95. The fraction of sp³-hybridized carbons (Fsp3) is 0.294. The summed E-state index contributed by atoms with van der Waals surface area (Å²) in [6.45, 7) is 0. The second-order valence-electron chi connectivity index (χ2n) is 5.75. The van der Waals surface area contributed by atoms with Crippen LogP contribution in [-0.2, 0) is 0 Å². The standard InChI is InChI=1S/C17H19N5O2/c1-23-14-6-5-12(9-15(14)24-2)20-16-10-13(19-11-3-4-11)17-18-7-8-22(17)21-16/h5-11,19H,3-4H2,1-2H3,(H,20,21). The van der Waals surface area contributed by atoms with Crippen molar-refractivity contribution < 1.29 is 9.47 Å². The van der Waals surface area contributed by atoms with Gasteiger partial charge in [-0.05, 0) is 25.0 Å². The first-order chi connectivity index (χ1) is 11.8. The number of hydrogen-bond donors (Lipinski definition) is 2. The van der Waals surface area contributed by atoms with Crippen LogP contribution in [0, 0.1) is 0 Å². The Morgan fingerprint density at radius 3 is 2.71 bits per heavy atom. The Labute approximate surface area is 139 Å². The first-order valence-electron chi connectivity index (χ1n) is 7.87. The number of hydrogen-bond acceptors (Lipinski definition) is 6. The summed E-state index contributed by atoms with van der Waals surface area (Å²) in [5, 5.41) is 11.4. The van der Waals surface area contributed by atoms with E-state index >= 15 is 0 Å². The van der Waals surface area contributed by atoms with Gasteiger partial charge in [0.2, 0.25) is 0 Å². The zero-order chi connectivity index (χ0) is 16.5. The lowest BCUT2D eigenvalue weighted by atomic mass is 10.2. The number of imidazole rings is 1. The van der Waals surface area contributed by atoms with Gasteiger partial charge in [-0.1, -0.05) is 0 Å². The number of anilines is 3. The molecule has 0 bridgehead atoms. The molecule has 0 amide bonds. The second-order valence-corrected chi connectivity index (χ2v) is 5.75. The molecule has 124 valence electrons. The van der Waals surface area contributed by atoms with E-state index in [1.807, 2.05) is 30.5 Å². The highest BCUT2D eigenvalue weighted by Crippen LogP contribution is 2.32. The molecule has 3 aromatic rings. The molecule has 1 saturated carbocycles. The highest BCUT2D eigenvalue weighted by Gasteiger charge is 2.22. The predicted octanol–water partition coefficient (Wildman–Crippen LogP) is 3.06. The van der Waals surface area contributed by atoms with Gasteiger partial charge in [-0.2, -0.15) is 0 Å². The van der Waals surface area contributed by atoms with Gasteiger partial charge in [-0.15, -0.1) is 5.10 Å². The molecule has 2 aromatic heterocycles. The van der Waals surface area contributed by atoms with Crippen LogP contribution in [0.25, 0.3) is 5.65 Å². The van der Waals surface area contributed by atoms with E-state index < -0.39 is 0 Å². The smallest absolute Gasteiger partial charge is 0.177 e. The van der Waals surface area contributed by atoms with Crippen molar-refractivity contribution in [3.8, 4) is 11.5 Å². The number of ether oxygens (including phenoxy) is 2. The Kier molecular flexibility index (Phi) is 3.60. The maximum Gasteiger partial charge on any atom is 0.177 e. The molecule has 1 aliphatic carbocycles. The zero-order valence-electron chi connectivity index (χ0n) is 13.6. The van der Waals surface area contributed by atoms with Gasteiger partial charge in [-0.3, -0.25) is 0 Å². The van der Waals surface area contributed by atoms with Crippen LogP contribution in [0.5, 0.6) is 11.5 Å². The van der Waals surface area contributed by atoms with Crippen molar-refractivity contribution in [1.82, 2.24) is 14.6 Å². The quantitative estimate of drug-likeness (QED) is 0.726. The van der Waals surface area contributed by atoms with Crippen LogP contribution in [0.1, 0.15) is 12.8 Å². The molecule has 1 aromatic carbocycles. The van der Waals surface area contributed by atoms with Crippen molar-refractivity contribution in [3.63, 3.8) is 0 Å². The van der Waals surface area contributed by atoms with E-state index in [9.17, 15) is 0 Å². The van der Waals surface area contributed by atoms with Gasteiger partial charge in [0, 0.05) is 36.3 Å². The Hall–Kier alpha value is -2.96. The summed E-state index contributed by atoms with van der Waals surface area (Å²) >= 11 is 0. The highest BCUT2D eigenvalue weighted by molar-refractivity contribution is 5.73. The fourth-order valence-electron chi connectivity index (χ4n) is 2.59. The minimum Gasteiger partial charge on any atom is -0.493 e. The second kappa shape index (κ2) is 5.92. The Balaban J connectivity index is 1.66. The summed E-state index contributed by atoms with van der Waals surface area (Å²) < 4.78 is 12.4. The van der Waals surface area contributed by atoms with Gasteiger partial charge >= 0.3 is 0 Å². The molecule has 4 rings (SSSR count). The molecule has 1 aliphatic rings. The summed E-state index contributed by atoms with van der Waals surface area (Å²) in [6, 6.07) is 8.20. The van der Waals surface area contributed by atoms with Crippen molar-refractivity contribution in [1.29, 1.82) is 0 Å². The first-order valence-corrected chi connectivity index (χ1v) is 7.87. The van der Waals surface area contributed by atoms with Crippen molar-refractivity contribution >= 4 is 22.8 Å². The summed E-state index contributed by atoms with van der Waals surface area (Å²) in [7, 11) is 3.24. The molecule has 0 atom stereocenters. The number of nitrogens with zero attached hydrogens (tertiary/aromatic N) is 3. The number of benzene rings is 1. The van der Waals surface area contributed by atoms with Crippen LogP contribution in [0.2, 0.25) is 0 Å². The van der Waals surface area contributed by atoms with Gasteiger partial charge in [0.05, 0.1) is 19.9 Å². The van der Waals surface area contributed by atoms with Gasteiger partial charge in [0.1, 0.15) is 0 Å². The van der Waals surface area contributed by atoms with E-state index in [1.54, 1.807) is 24.9 Å². The van der Waals surface area contributed by atoms with E-state index in [0.717, 1.165) is 22.8 Å². The minimum atomic E-state index is 0.543. The number of methoxy groups -OCH3 is 2. The van der Waals surface area contributed by atoms with Crippen LogP contribution in [0.4, 0.5) is 17.2 Å². The molecular weight excluding hydrogens is 306 g/mol. The third-order valence-corrected chi connectivity index (χ3v) is 3.95. The monoisotopic (exact) mass is 325 g/mol. The molecule has 0 spiro atoms. The van der Waals surface area contributed by atoms with E-state index in [1.165, 1.54) is 12.8 Å². The van der Waals surface area contributed by atoms with Crippen LogP contribution in [0.3, 0.4) is 0 Å². The van der Waals surface area contributed by atoms with Crippen LogP contribution >= 0.6 is 0 Å². The van der Waals surface area contributed by atoms with Gasteiger partial charge < -0.3 is 20.1 Å². The van der Waals surface area contributed by atoms with Crippen molar-refractivity contribution in [2.45, 2.75) is 18.9 Å². The number of rotatable bonds is 6. The SMILES string of the molecule is COc1ccc(Nc2cc(NC3CC3)c3nccn3n2)cc1OC. The molecule has 7 nitrogen and oxygen atoms in total. The first kappa shape index (κ1) is 14.6. The number of fused-ring (bicyclic) bond motifs is 1. The molecule has 0 aliphatic heterocycles. The summed E-state index contributed by atoms with van der Waals surface area (Å²) in [5.41, 5.74) is 2.69. The molecule has 7 heteroatoms. The predicted molar refractivity (Wildman–Crippen MR) is 92.5 cm³/mol. The maximum absolute atomic E-state index is 5.34. The van der Waals surface area contributed by atoms with Crippen molar-refractivity contribution in [3.05, 3.63) is 36.7 Å². The largest absolute Gasteiger partial charge is 0.493 e. The van der Waals surface area contributed by atoms with Gasteiger partial charge in [-0.25, -0.2) is 9.50 Å². The van der Waals surface area contributed by atoms with E-state index in [-0.39, 0.29) is 0 Å².